The second-order valence-corrected chi connectivity index (χ2v) is 6.23. The van der Waals surface area contributed by atoms with Crippen molar-refractivity contribution in [2.45, 2.75) is 13.0 Å². The Labute approximate surface area is 153 Å². The molecular weight excluding hydrogens is 326 g/mol. The van der Waals surface area contributed by atoms with Crippen molar-refractivity contribution in [1.29, 1.82) is 0 Å². The van der Waals surface area contributed by atoms with Crippen LogP contribution in [0.1, 0.15) is 27.6 Å². The van der Waals surface area contributed by atoms with Gasteiger partial charge in [0.2, 0.25) is 0 Å². The lowest BCUT2D eigenvalue weighted by Gasteiger charge is -2.19. The number of nitrogens with one attached hydrogen (secondary N) is 1. The maximum Gasteiger partial charge on any atom is 0.252 e. The Hall–Kier alpha value is -2.69. The molecule has 0 aliphatic carbocycles. The van der Waals surface area contributed by atoms with E-state index in [-0.39, 0.29) is 25.2 Å². The third-order valence-corrected chi connectivity index (χ3v) is 4.34. The van der Waals surface area contributed by atoms with Crippen molar-refractivity contribution in [1.82, 2.24) is 5.32 Å². The van der Waals surface area contributed by atoms with E-state index in [0.717, 1.165) is 21.9 Å². The topological polar surface area (TPSA) is 58.6 Å². The molecule has 1 atom stereocenters. The fourth-order valence-electron chi connectivity index (χ4n) is 2.95. The van der Waals surface area contributed by atoms with Gasteiger partial charge in [0.25, 0.3) is 5.91 Å². The molecule has 0 bridgehead atoms. The molecule has 1 amide bonds. The first-order chi connectivity index (χ1) is 12.7. The Kier molecular flexibility index (Phi) is 6.00. The van der Waals surface area contributed by atoms with Crippen LogP contribution < -0.4 is 5.32 Å². The predicted octanol–water partition coefficient (Wildman–Crippen LogP) is 3.63. The van der Waals surface area contributed by atoms with Crippen molar-refractivity contribution >= 4 is 16.7 Å². The minimum atomic E-state index is -0.304. The van der Waals surface area contributed by atoms with Gasteiger partial charge in [-0.1, -0.05) is 66.2 Å². The summed E-state index contributed by atoms with van der Waals surface area (Å²) >= 11 is 0. The number of carbonyl (C=O) groups excluding carboxylic acids is 1. The van der Waals surface area contributed by atoms with Gasteiger partial charge in [0, 0.05) is 12.1 Å². The van der Waals surface area contributed by atoms with Gasteiger partial charge in [-0.25, -0.2) is 0 Å². The third kappa shape index (κ3) is 4.28. The number of carbonyl (C=O) groups is 1. The van der Waals surface area contributed by atoms with Crippen molar-refractivity contribution in [2.75, 3.05) is 19.8 Å². The van der Waals surface area contributed by atoms with E-state index in [1.54, 1.807) is 0 Å². The van der Waals surface area contributed by atoms with Crippen LogP contribution in [0.25, 0.3) is 10.8 Å². The zero-order valence-corrected chi connectivity index (χ0v) is 14.8. The molecule has 0 saturated heterocycles. The number of ether oxygens (including phenoxy) is 1. The lowest BCUT2D eigenvalue weighted by Crippen LogP contribution is -2.30. The molecule has 0 fully saturated rings. The lowest BCUT2D eigenvalue weighted by atomic mass is 10.0. The van der Waals surface area contributed by atoms with E-state index in [0.29, 0.717) is 12.1 Å². The Bertz CT molecular complexity index is 869. The number of fused-ring (bicyclic) bond motifs is 1. The molecule has 0 aliphatic heterocycles. The number of aryl methyl sites for hydroxylation is 1. The standard InChI is InChI=1S/C22H23NO3/c1-16-9-11-18(12-10-16)21(26-14-13-24)15-23-22(25)20-8-4-6-17-5-2-3-7-19(17)20/h2-12,21,24H,13-15H2,1H3,(H,23,25)/t21-/m0/s1. The second-order valence-electron chi connectivity index (χ2n) is 6.23. The molecule has 0 heterocycles. The molecule has 134 valence electrons. The molecule has 0 aliphatic rings. The minimum Gasteiger partial charge on any atom is -0.394 e. The fourth-order valence-corrected chi connectivity index (χ4v) is 2.95. The molecule has 0 saturated carbocycles. The van der Waals surface area contributed by atoms with Crippen LogP contribution in [0.2, 0.25) is 0 Å². The molecule has 0 spiro atoms. The zero-order valence-electron chi connectivity index (χ0n) is 14.8. The molecule has 4 nitrogen and oxygen atoms in total. The smallest absolute Gasteiger partial charge is 0.252 e. The molecule has 4 heteroatoms. The predicted molar refractivity (Wildman–Crippen MR) is 103 cm³/mol. The maximum atomic E-state index is 12.7. The molecule has 3 aromatic carbocycles. The summed E-state index contributed by atoms with van der Waals surface area (Å²) in [6, 6.07) is 21.5. The molecule has 2 N–H and O–H groups in total. The molecule has 3 rings (SSSR count). The Balaban J connectivity index is 1.75. The molecule has 0 radical (unpaired) electrons. The average molecular weight is 349 g/mol. The zero-order chi connectivity index (χ0) is 18.4. The first-order valence-electron chi connectivity index (χ1n) is 8.74. The monoisotopic (exact) mass is 349 g/mol. The van der Waals surface area contributed by atoms with Gasteiger partial charge in [-0.3, -0.25) is 4.79 Å². The van der Waals surface area contributed by atoms with Gasteiger partial charge >= 0.3 is 0 Å². The van der Waals surface area contributed by atoms with Crippen molar-refractivity contribution in [2.24, 2.45) is 0 Å². The first-order valence-corrected chi connectivity index (χ1v) is 8.74. The van der Waals surface area contributed by atoms with Gasteiger partial charge in [0.05, 0.1) is 19.3 Å². The highest BCUT2D eigenvalue weighted by Crippen LogP contribution is 2.20. The van der Waals surface area contributed by atoms with Gasteiger partial charge in [0.1, 0.15) is 0 Å². The van der Waals surface area contributed by atoms with Crippen LogP contribution in [0.5, 0.6) is 0 Å². The SMILES string of the molecule is Cc1ccc([C@H](CNC(=O)c2cccc3ccccc23)OCCO)cc1. The second kappa shape index (κ2) is 8.61. The Morgan fingerprint density at radius 3 is 2.54 bits per heavy atom. The summed E-state index contributed by atoms with van der Waals surface area (Å²) in [5.41, 5.74) is 2.78. The quantitative estimate of drug-likeness (QED) is 0.685. The van der Waals surface area contributed by atoms with Crippen molar-refractivity contribution in [3.63, 3.8) is 0 Å². The van der Waals surface area contributed by atoms with Crippen molar-refractivity contribution < 1.29 is 14.6 Å². The highest BCUT2D eigenvalue weighted by Gasteiger charge is 2.15. The van der Waals surface area contributed by atoms with E-state index in [9.17, 15) is 4.79 Å². The Morgan fingerprint density at radius 2 is 1.77 bits per heavy atom. The number of rotatable bonds is 7. The highest BCUT2D eigenvalue weighted by molar-refractivity contribution is 6.07. The van der Waals surface area contributed by atoms with E-state index < -0.39 is 0 Å². The normalized spacial score (nSPS) is 12.1. The number of amides is 1. The summed E-state index contributed by atoms with van der Waals surface area (Å²) in [6.07, 6.45) is -0.304. The van der Waals surface area contributed by atoms with E-state index in [1.807, 2.05) is 73.7 Å². The van der Waals surface area contributed by atoms with Crippen LogP contribution in [-0.4, -0.2) is 30.8 Å². The summed E-state index contributed by atoms with van der Waals surface area (Å²) in [7, 11) is 0. The Morgan fingerprint density at radius 1 is 1.04 bits per heavy atom. The van der Waals surface area contributed by atoms with Crippen LogP contribution in [-0.2, 0) is 4.74 Å². The van der Waals surface area contributed by atoms with Crippen LogP contribution in [0.3, 0.4) is 0 Å². The lowest BCUT2D eigenvalue weighted by molar-refractivity contribution is 0.0277. The van der Waals surface area contributed by atoms with E-state index >= 15 is 0 Å². The summed E-state index contributed by atoms with van der Waals surface area (Å²) < 4.78 is 5.73. The van der Waals surface area contributed by atoms with Crippen LogP contribution in [0.4, 0.5) is 0 Å². The molecular formula is C22H23NO3. The summed E-state index contributed by atoms with van der Waals surface area (Å²) in [5, 5.41) is 14.0. The minimum absolute atomic E-state index is 0.0559. The largest absolute Gasteiger partial charge is 0.394 e. The summed E-state index contributed by atoms with van der Waals surface area (Å²) in [5.74, 6) is -0.133. The van der Waals surface area contributed by atoms with Gasteiger partial charge < -0.3 is 15.2 Å². The van der Waals surface area contributed by atoms with E-state index in [1.165, 1.54) is 0 Å². The molecule has 3 aromatic rings. The fraction of sp³-hybridized carbons (Fsp3) is 0.227. The maximum absolute atomic E-state index is 12.7. The van der Waals surface area contributed by atoms with Gasteiger partial charge in [-0.2, -0.15) is 0 Å². The summed E-state index contributed by atoms with van der Waals surface area (Å²) in [4.78, 5) is 12.7. The number of hydrogen-bond donors (Lipinski definition) is 2. The van der Waals surface area contributed by atoms with Crippen molar-refractivity contribution in [3.8, 4) is 0 Å². The number of hydrogen-bond acceptors (Lipinski definition) is 3. The number of aliphatic hydroxyl groups is 1. The van der Waals surface area contributed by atoms with E-state index in [2.05, 4.69) is 5.32 Å². The van der Waals surface area contributed by atoms with Crippen LogP contribution in [0.15, 0.2) is 66.7 Å². The third-order valence-electron chi connectivity index (χ3n) is 4.34. The molecule has 26 heavy (non-hydrogen) atoms. The van der Waals surface area contributed by atoms with E-state index in [4.69, 9.17) is 9.84 Å². The highest BCUT2D eigenvalue weighted by atomic mass is 16.5. The van der Waals surface area contributed by atoms with Gasteiger partial charge in [-0.05, 0) is 29.3 Å². The number of benzene rings is 3. The molecule has 0 aromatic heterocycles. The molecule has 0 unspecified atom stereocenters. The summed E-state index contributed by atoms with van der Waals surface area (Å²) in [6.45, 7) is 2.53. The van der Waals surface area contributed by atoms with Crippen LogP contribution >= 0.6 is 0 Å². The average Bonchev–Trinajstić information content (AvgIpc) is 2.68. The van der Waals surface area contributed by atoms with Gasteiger partial charge in [0.15, 0.2) is 0 Å². The van der Waals surface area contributed by atoms with Crippen molar-refractivity contribution in [3.05, 3.63) is 83.4 Å². The number of aliphatic hydroxyl groups excluding tert-OH is 1. The van der Waals surface area contributed by atoms with Gasteiger partial charge in [-0.15, -0.1) is 0 Å². The first kappa shape index (κ1) is 18.1. The van der Waals surface area contributed by atoms with Crippen LogP contribution in [0, 0.1) is 6.92 Å².